The van der Waals surface area contributed by atoms with E-state index in [0.29, 0.717) is 45.7 Å². The van der Waals surface area contributed by atoms with Crippen molar-refractivity contribution in [2.75, 3.05) is 74.8 Å². The Labute approximate surface area is 173 Å². The molecule has 0 fully saturated rings. The summed E-state index contributed by atoms with van der Waals surface area (Å²) in [5, 5.41) is 0. The van der Waals surface area contributed by atoms with Gasteiger partial charge in [0.1, 0.15) is 6.29 Å². The summed E-state index contributed by atoms with van der Waals surface area (Å²) >= 11 is 0. The normalized spacial score (nSPS) is 10.2. The molecule has 0 atom stereocenters. The summed E-state index contributed by atoms with van der Waals surface area (Å²) in [4.78, 5) is 48.6. The standard InChI is InChI=1S/C17H30N2O7.C2H6O/c1-24-15(21)5-9-18(8-4-14-20)12-13-19(10-6-16(22)25-2)11-7-17(23)26-3;1-3-2/h14H,4-13H2,1-3H3;1-2H3. The van der Waals surface area contributed by atoms with Gasteiger partial charge in [-0.25, -0.2) is 0 Å². The lowest BCUT2D eigenvalue weighted by molar-refractivity contribution is -0.142. The number of esters is 3. The number of carbonyl (C=O) groups is 4. The highest BCUT2D eigenvalue weighted by atomic mass is 16.5. The van der Waals surface area contributed by atoms with Gasteiger partial charge in [0.15, 0.2) is 0 Å². The van der Waals surface area contributed by atoms with E-state index in [4.69, 9.17) is 0 Å². The third kappa shape index (κ3) is 19.1. The fourth-order valence-electron chi connectivity index (χ4n) is 2.24. The molecule has 0 spiro atoms. The number of rotatable bonds is 15. The van der Waals surface area contributed by atoms with E-state index in [-0.39, 0.29) is 37.2 Å². The predicted octanol–water partition coefficient (Wildman–Crippen LogP) is 0.131. The molecule has 0 saturated heterocycles. The van der Waals surface area contributed by atoms with Gasteiger partial charge in [0.25, 0.3) is 0 Å². The Hall–Kier alpha value is -2.04. The molecule has 10 nitrogen and oxygen atoms in total. The molecule has 0 radical (unpaired) electrons. The molecule has 0 bridgehead atoms. The first-order valence-electron chi connectivity index (χ1n) is 9.37. The fourth-order valence-corrected chi connectivity index (χ4v) is 2.24. The van der Waals surface area contributed by atoms with Crippen molar-refractivity contribution in [3.8, 4) is 0 Å². The van der Waals surface area contributed by atoms with Crippen LogP contribution in [-0.2, 0) is 38.1 Å². The summed E-state index contributed by atoms with van der Waals surface area (Å²) in [5.74, 6) is -0.956. The molecule has 0 aliphatic rings. The van der Waals surface area contributed by atoms with Crippen LogP contribution in [0, 0.1) is 0 Å². The van der Waals surface area contributed by atoms with Crippen molar-refractivity contribution in [1.29, 1.82) is 0 Å². The monoisotopic (exact) mass is 420 g/mol. The van der Waals surface area contributed by atoms with E-state index in [0.717, 1.165) is 6.29 Å². The highest BCUT2D eigenvalue weighted by Gasteiger charge is 2.14. The number of ether oxygens (including phenoxy) is 4. The van der Waals surface area contributed by atoms with E-state index in [1.807, 2.05) is 9.80 Å². The molecule has 0 aromatic rings. The van der Waals surface area contributed by atoms with Crippen molar-refractivity contribution in [3.05, 3.63) is 0 Å². The van der Waals surface area contributed by atoms with Gasteiger partial charge in [0, 0.05) is 59.9 Å². The van der Waals surface area contributed by atoms with E-state index in [1.165, 1.54) is 21.3 Å². The quantitative estimate of drug-likeness (QED) is 0.206. The van der Waals surface area contributed by atoms with Crippen molar-refractivity contribution in [3.63, 3.8) is 0 Å². The molecular weight excluding hydrogens is 384 g/mol. The highest BCUT2D eigenvalue weighted by molar-refractivity contribution is 5.70. The predicted molar refractivity (Wildman–Crippen MR) is 106 cm³/mol. The Kier molecular flexibility index (Phi) is 20.8. The minimum Gasteiger partial charge on any atom is -0.469 e. The lowest BCUT2D eigenvalue weighted by atomic mass is 10.3. The fraction of sp³-hybridized carbons (Fsp3) is 0.789. The summed E-state index contributed by atoms with van der Waals surface area (Å²) in [5.41, 5.74) is 0. The number of hydrogen-bond acceptors (Lipinski definition) is 10. The summed E-state index contributed by atoms with van der Waals surface area (Å²) in [6, 6.07) is 0. The molecule has 0 aromatic heterocycles. The van der Waals surface area contributed by atoms with Crippen LogP contribution in [0.15, 0.2) is 0 Å². The average molecular weight is 421 g/mol. The number of hydrogen-bond donors (Lipinski definition) is 0. The SMILES string of the molecule is COC.COC(=O)CCN(CCC=O)CCN(CCC(=O)OC)CCC(=O)OC. The van der Waals surface area contributed by atoms with E-state index in [1.54, 1.807) is 14.2 Å². The van der Waals surface area contributed by atoms with Gasteiger partial charge < -0.3 is 33.5 Å². The second-order valence-electron chi connectivity index (χ2n) is 6.03. The first kappa shape index (κ1) is 29.2. The molecule has 29 heavy (non-hydrogen) atoms. The van der Waals surface area contributed by atoms with Gasteiger partial charge in [0.05, 0.1) is 40.6 Å². The topological polar surface area (TPSA) is 112 Å². The Morgan fingerprint density at radius 2 is 0.931 bits per heavy atom. The van der Waals surface area contributed by atoms with Crippen LogP contribution in [0.3, 0.4) is 0 Å². The van der Waals surface area contributed by atoms with Gasteiger partial charge in [-0.3, -0.25) is 14.4 Å². The molecule has 0 aliphatic carbocycles. The first-order valence-corrected chi connectivity index (χ1v) is 9.37. The molecule has 0 heterocycles. The summed E-state index contributed by atoms with van der Waals surface area (Å²) in [7, 11) is 7.24. The molecule has 0 aromatic carbocycles. The number of carbonyl (C=O) groups excluding carboxylic acids is 4. The second kappa shape index (κ2) is 20.7. The van der Waals surface area contributed by atoms with Crippen LogP contribution in [0.4, 0.5) is 0 Å². The number of nitrogens with zero attached hydrogens (tertiary/aromatic N) is 2. The molecule has 0 N–H and O–H groups in total. The van der Waals surface area contributed by atoms with Gasteiger partial charge in [-0.1, -0.05) is 0 Å². The number of methoxy groups -OCH3 is 4. The van der Waals surface area contributed by atoms with Crippen molar-refractivity contribution < 1.29 is 38.1 Å². The highest BCUT2D eigenvalue weighted by Crippen LogP contribution is 2.01. The molecule has 0 saturated carbocycles. The zero-order valence-corrected chi connectivity index (χ0v) is 18.3. The van der Waals surface area contributed by atoms with E-state index in [9.17, 15) is 19.2 Å². The van der Waals surface area contributed by atoms with Crippen molar-refractivity contribution in [2.45, 2.75) is 25.7 Å². The Balaban J connectivity index is 0. The van der Waals surface area contributed by atoms with Crippen molar-refractivity contribution >= 4 is 24.2 Å². The van der Waals surface area contributed by atoms with Gasteiger partial charge in [0.2, 0.25) is 0 Å². The zero-order valence-electron chi connectivity index (χ0n) is 18.3. The lowest BCUT2D eigenvalue weighted by Gasteiger charge is -2.26. The molecule has 0 aliphatic heterocycles. The molecule has 170 valence electrons. The van der Waals surface area contributed by atoms with E-state index in [2.05, 4.69) is 18.9 Å². The van der Waals surface area contributed by atoms with Crippen LogP contribution in [0.2, 0.25) is 0 Å². The van der Waals surface area contributed by atoms with Gasteiger partial charge in [-0.15, -0.1) is 0 Å². The average Bonchev–Trinajstić information content (AvgIpc) is 2.73. The van der Waals surface area contributed by atoms with E-state index >= 15 is 0 Å². The zero-order chi connectivity index (χ0) is 22.5. The minimum absolute atomic E-state index is 0.216. The smallest absolute Gasteiger partial charge is 0.306 e. The van der Waals surface area contributed by atoms with Gasteiger partial charge in [-0.2, -0.15) is 0 Å². The van der Waals surface area contributed by atoms with Crippen LogP contribution in [0.5, 0.6) is 0 Å². The van der Waals surface area contributed by atoms with Crippen LogP contribution in [0.1, 0.15) is 25.7 Å². The maximum Gasteiger partial charge on any atom is 0.306 e. The molecular formula is C19H36N2O8. The second-order valence-corrected chi connectivity index (χ2v) is 6.03. The third-order valence-corrected chi connectivity index (χ3v) is 3.88. The number of aldehydes is 1. The summed E-state index contributed by atoms with van der Waals surface area (Å²) in [6.45, 7) is 3.07. The largest absolute Gasteiger partial charge is 0.469 e. The van der Waals surface area contributed by atoms with Crippen LogP contribution in [-0.4, -0.2) is 109 Å². The van der Waals surface area contributed by atoms with Crippen LogP contribution < -0.4 is 0 Å². The van der Waals surface area contributed by atoms with Crippen molar-refractivity contribution in [1.82, 2.24) is 9.80 Å². The maximum atomic E-state index is 11.4. The molecule has 0 unspecified atom stereocenters. The maximum absolute atomic E-state index is 11.4. The van der Waals surface area contributed by atoms with Gasteiger partial charge >= 0.3 is 17.9 Å². The van der Waals surface area contributed by atoms with E-state index < -0.39 is 0 Å². The molecule has 0 rings (SSSR count). The van der Waals surface area contributed by atoms with Gasteiger partial charge in [-0.05, 0) is 0 Å². The summed E-state index contributed by atoms with van der Waals surface area (Å²) < 4.78 is 18.2. The van der Waals surface area contributed by atoms with Crippen LogP contribution in [0.25, 0.3) is 0 Å². The Bertz CT molecular complexity index is 439. The third-order valence-electron chi connectivity index (χ3n) is 3.88. The molecule has 10 heteroatoms. The minimum atomic E-state index is -0.323. The Morgan fingerprint density at radius 3 is 1.21 bits per heavy atom. The first-order chi connectivity index (χ1) is 13.9. The van der Waals surface area contributed by atoms with Crippen LogP contribution >= 0.6 is 0 Å². The molecule has 0 amide bonds. The van der Waals surface area contributed by atoms with Crippen molar-refractivity contribution in [2.24, 2.45) is 0 Å². The summed E-state index contributed by atoms with van der Waals surface area (Å²) in [6.07, 6.45) is 1.87. The Morgan fingerprint density at radius 1 is 0.621 bits per heavy atom. The lowest BCUT2D eigenvalue weighted by Crippen LogP contribution is -2.38.